The number of allylic oxidation sites excluding steroid dienone is 1. The number of hydrogen-bond donors (Lipinski definition) is 3. The van der Waals surface area contributed by atoms with Gasteiger partial charge in [0.15, 0.2) is 0 Å². The van der Waals surface area contributed by atoms with Crippen molar-refractivity contribution >= 4 is 17.6 Å². The Morgan fingerprint density at radius 3 is 2.45 bits per heavy atom. The van der Waals surface area contributed by atoms with E-state index in [-0.39, 0.29) is 11.3 Å². The first-order chi connectivity index (χ1) is 14.7. The SMILES string of the molecule is COc1ccc([C@@H]2NC(=O)NC(C)=C2C(=O)Nc2ccccc2C(F)(F)F)c(OC)c1. The number of hydrogen-bond acceptors (Lipinski definition) is 4. The molecule has 0 aliphatic carbocycles. The van der Waals surface area contributed by atoms with Crippen molar-refractivity contribution < 1.29 is 32.2 Å². The first-order valence-electron chi connectivity index (χ1n) is 9.13. The van der Waals surface area contributed by atoms with Gasteiger partial charge in [-0.15, -0.1) is 0 Å². The van der Waals surface area contributed by atoms with E-state index in [1.165, 1.54) is 33.3 Å². The lowest BCUT2D eigenvalue weighted by atomic mass is 9.93. The molecule has 3 amide bonds. The fourth-order valence-corrected chi connectivity index (χ4v) is 3.31. The van der Waals surface area contributed by atoms with Crippen LogP contribution in [0.15, 0.2) is 53.7 Å². The van der Waals surface area contributed by atoms with Crippen LogP contribution in [-0.2, 0) is 11.0 Å². The molecule has 31 heavy (non-hydrogen) atoms. The number of halogens is 3. The van der Waals surface area contributed by atoms with Crippen molar-refractivity contribution in [2.45, 2.75) is 19.1 Å². The van der Waals surface area contributed by atoms with Crippen LogP contribution in [0.25, 0.3) is 0 Å². The van der Waals surface area contributed by atoms with Crippen molar-refractivity contribution in [3.05, 3.63) is 64.9 Å². The molecule has 10 heteroatoms. The average molecular weight is 435 g/mol. The van der Waals surface area contributed by atoms with Crippen molar-refractivity contribution in [3.8, 4) is 11.5 Å². The van der Waals surface area contributed by atoms with Crippen molar-refractivity contribution in [3.63, 3.8) is 0 Å². The number of rotatable bonds is 5. The molecule has 0 saturated carbocycles. The van der Waals surface area contributed by atoms with Crippen molar-refractivity contribution in [2.75, 3.05) is 19.5 Å². The Hall–Kier alpha value is -3.69. The Balaban J connectivity index is 2.03. The molecule has 0 spiro atoms. The van der Waals surface area contributed by atoms with Crippen LogP contribution < -0.4 is 25.4 Å². The molecule has 164 valence electrons. The number of amides is 3. The standard InChI is InChI=1S/C21H20F3N3O4/c1-11-17(19(28)26-15-7-5-4-6-14(15)21(22,23)24)18(27-20(29)25-11)13-9-8-12(30-2)10-16(13)31-3/h4-10,18H,1-3H3,(H,26,28)(H2,25,27,29)/t18-/m0/s1. The van der Waals surface area contributed by atoms with Crippen LogP contribution in [-0.4, -0.2) is 26.2 Å². The molecule has 1 aliphatic rings. The lowest BCUT2D eigenvalue weighted by Gasteiger charge is -2.30. The maximum absolute atomic E-state index is 13.3. The third-order valence-electron chi connectivity index (χ3n) is 4.75. The van der Waals surface area contributed by atoms with Gasteiger partial charge in [-0.1, -0.05) is 12.1 Å². The van der Waals surface area contributed by atoms with Gasteiger partial charge in [-0.05, 0) is 31.2 Å². The number of nitrogens with one attached hydrogen (secondary N) is 3. The molecular weight excluding hydrogens is 415 g/mol. The summed E-state index contributed by atoms with van der Waals surface area (Å²) in [5.74, 6) is 0.0246. The molecule has 1 heterocycles. The van der Waals surface area contributed by atoms with Gasteiger partial charge in [0.1, 0.15) is 11.5 Å². The van der Waals surface area contributed by atoms with Crippen molar-refractivity contribution in [2.24, 2.45) is 0 Å². The molecule has 0 aromatic heterocycles. The first-order valence-corrected chi connectivity index (χ1v) is 9.13. The minimum atomic E-state index is -4.65. The van der Waals surface area contributed by atoms with Gasteiger partial charge < -0.3 is 25.4 Å². The third kappa shape index (κ3) is 4.57. The predicted octanol–water partition coefficient (Wildman–Crippen LogP) is 3.99. The van der Waals surface area contributed by atoms with Gasteiger partial charge in [-0.25, -0.2) is 4.79 Å². The largest absolute Gasteiger partial charge is 0.497 e. The zero-order valence-corrected chi connectivity index (χ0v) is 16.9. The van der Waals surface area contributed by atoms with E-state index in [1.807, 2.05) is 0 Å². The molecular formula is C21H20F3N3O4. The number of alkyl halides is 3. The summed E-state index contributed by atoms with van der Waals surface area (Å²) in [6.07, 6.45) is -4.65. The minimum Gasteiger partial charge on any atom is -0.497 e. The van der Waals surface area contributed by atoms with Crippen LogP contribution in [0.1, 0.15) is 24.1 Å². The van der Waals surface area contributed by atoms with Gasteiger partial charge in [0.05, 0.1) is 37.1 Å². The monoisotopic (exact) mass is 435 g/mol. The maximum Gasteiger partial charge on any atom is 0.418 e. The molecule has 3 rings (SSSR count). The second-order valence-electron chi connectivity index (χ2n) is 6.68. The number of urea groups is 1. The Bertz CT molecular complexity index is 1050. The highest BCUT2D eigenvalue weighted by Crippen LogP contribution is 2.37. The van der Waals surface area contributed by atoms with Crippen LogP contribution >= 0.6 is 0 Å². The highest BCUT2D eigenvalue weighted by molar-refractivity contribution is 6.07. The molecule has 1 atom stereocenters. The number of anilines is 1. The number of methoxy groups -OCH3 is 2. The Labute approximate surface area is 176 Å². The summed E-state index contributed by atoms with van der Waals surface area (Å²) < 4.78 is 50.5. The smallest absolute Gasteiger partial charge is 0.418 e. The second kappa shape index (κ2) is 8.58. The molecule has 0 unspecified atom stereocenters. The van der Waals surface area contributed by atoms with Gasteiger partial charge in [0, 0.05) is 17.3 Å². The predicted molar refractivity (Wildman–Crippen MR) is 107 cm³/mol. The molecule has 3 N–H and O–H groups in total. The summed E-state index contributed by atoms with van der Waals surface area (Å²) in [4.78, 5) is 25.2. The first kappa shape index (κ1) is 22.0. The lowest BCUT2D eigenvalue weighted by Crippen LogP contribution is -2.46. The molecule has 0 bridgehead atoms. The van der Waals surface area contributed by atoms with Gasteiger partial charge in [-0.2, -0.15) is 13.2 Å². The van der Waals surface area contributed by atoms with Crippen LogP contribution in [0, 0.1) is 0 Å². The Morgan fingerprint density at radius 1 is 1.10 bits per heavy atom. The fraction of sp³-hybridized carbons (Fsp3) is 0.238. The van der Waals surface area contributed by atoms with Crippen LogP contribution in [0.2, 0.25) is 0 Å². The molecule has 0 saturated heterocycles. The number of benzene rings is 2. The van der Waals surface area contributed by atoms with Gasteiger partial charge in [0.2, 0.25) is 0 Å². The van der Waals surface area contributed by atoms with E-state index < -0.39 is 35.4 Å². The molecule has 7 nitrogen and oxygen atoms in total. The summed E-state index contributed by atoms with van der Waals surface area (Å²) in [5, 5.41) is 7.42. The Morgan fingerprint density at radius 2 is 1.81 bits per heavy atom. The topological polar surface area (TPSA) is 88.7 Å². The lowest BCUT2D eigenvalue weighted by molar-refractivity contribution is -0.137. The van der Waals surface area contributed by atoms with E-state index >= 15 is 0 Å². The molecule has 2 aromatic rings. The van der Waals surface area contributed by atoms with Crippen molar-refractivity contribution in [1.82, 2.24) is 10.6 Å². The van der Waals surface area contributed by atoms with E-state index in [0.717, 1.165) is 12.1 Å². The van der Waals surface area contributed by atoms with Crippen LogP contribution in [0.3, 0.4) is 0 Å². The summed E-state index contributed by atoms with van der Waals surface area (Å²) in [7, 11) is 2.89. The highest BCUT2D eigenvalue weighted by Gasteiger charge is 2.36. The number of carbonyl (C=O) groups is 2. The average Bonchev–Trinajstić information content (AvgIpc) is 2.72. The van der Waals surface area contributed by atoms with E-state index in [0.29, 0.717) is 17.1 Å². The minimum absolute atomic E-state index is 0.0417. The number of ether oxygens (including phenoxy) is 2. The van der Waals surface area contributed by atoms with E-state index in [9.17, 15) is 22.8 Å². The van der Waals surface area contributed by atoms with Gasteiger partial charge in [0.25, 0.3) is 5.91 Å². The van der Waals surface area contributed by atoms with Crippen LogP contribution in [0.4, 0.5) is 23.7 Å². The van der Waals surface area contributed by atoms with Crippen molar-refractivity contribution in [1.29, 1.82) is 0 Å². The summed E-state index contributed by atoms with van der Waals surface area (Å²) >= 11 is 0. The quantitative estimate of drug-likeness (QED) is 0.663. The Kier molecular flexibility index (Phi) is 6.09. The summed E-state index contributed by atoms with van der Waals surface area (Å²) in [5.41, 5.74) is -0.689. The maximum atomic E-state index is 13.3. The molecule has 2 aromatic carbocycles. The van der Waals surface area contributed by atoms with Gasteiger partial charge in [-0.3, -0.25) is 4.79 Å². The zero-order valence-electron chi connectivity index (χ0n) is 16.9. The van der Waals surface area contributed by atoms with Gasteiger partial charge >= 0.3 is 12.2 Å². The number of para-hydroxylation sites is 1. The second-order valence-corrected chi connectivity index (χ2v) is 6.68. The van der Waals surface area contributed by atoms with E-state index in [2.05, 4.69) is 16.0 Å². The molecule has 0 radical (unpaired) electrons. The molecule has 0 fully saturated rings. The third-order valence-corrected chi connectivity index (χ3v) is 4.75. The number of carbonyl (C=O) groups excluding carboxylic acids is 2. The van der Waals surface area contributed by atoms with E-state index in [1.54, 1.807) is 18.2 Å². The normalized spacial score (nSPS) is 16.3. The summed E-state index contributed by atoms with van der Waals surface area (Å²) in [6.45, 7) is 1.49. The molecule has 1 aliphatic heterocycles. The van der Waals surface area contributed by atoms with E-state index in [4.69, 9.17) is 9.47 Å². The summed E-state index contributed by atoms with van der Waals surface area (Å²) in [6, 6.07) is 7.94. The zero-order chi connectivity index (χ0) is 22.8. The van der Waals surface area contributed by atoms with Crippen LogP contribution in [0.5, 0.6) is 11.5 Å². The highest BCUT2D eigenvalue weighted by atomic mass is 19.4. The fourth-order valence-electron chi connectivity index (χ4n) is 3.31.